The van der Waals surface area contributed by atoms with Crippen LogP contribution < -0.4 is 0 Å². The maximum atomic E-state index is 13.8. The molecule has 0 aliphatic carbocycles. The lowest BCUT2D eigenvalue weighted by atomic mass is 10.2. The average Bonchev–Trinajstić information content (AvgIpc) is 2.95. The summed E-state index contributed by atoms with van der Waals surface area (Å²) in [5, 5.41) is 14.5. The Morgan fingerprint density at radius 2 is 2.00 bits per heavy atom. The van der Waals surface area contributed by atoms with Gasteiger partial charge < -0.3 is 5.11 Å². The molecule has 8 heteroatoms. The van der Waals surface area contributed by atoms with Gasteiger partial charge in [0, 0.05) is 11.6 Å². The van der Waals surface area contributed by atoms with Crippen molar-refractivity contribution in [1.29, 1.82) is 0 Å². The van der Waals surface area contributed by atoms with E-state index in [9.17, 15) is 13.9 Å². The third-order valence-corrected chi connectivity index (χ3v) is 3.93. The molecular weight excluding hydrogens is 322 g/mol. The van der Waals surface area contributed by atoms with Gasteiger partial charge in [-0.25, -0.2) is 9.37 Å². The van der Waals surface area contributed by atoms with E-state index in [4.69, 9.17) is 0 Å². The first-order chi connectivity index (χ1) is 11.1. The zero-order chi connectivity index (χ0) is 16.4. The number of benzene rings is 1. The Labute approximate surface area is 135 Å². The number of hydrogen-bond acceptors (Lipinski definition) is 5. The van der Waals surface area contributed by atoms with Gasteiger partial charge in [-0.05, 0) is 12.3 Å². The number of thioether (sulfide) groups is 1. The highest BCUT2D eigenvalue weighted by atomic mass is 32.2. The highest BCUT2D eigenvalue weighted by Gasteiger charge is 2.14. The minimum absolute atomic E-state index is 0.103. The fourth-order valence-electron chi connectivity index (χ4n) is 2.06. The first-order valence-electron chi connectivity index (χ1n) is 6.65. The zero-order valence-electron chi connectivity index (χ0n) is 12.1. The highest BCUT2D eigenvalue weighted by molar-refractivity contribution is 7.98. The summed E-state index contributed by atoms with van der Waals surface area (Å²) in [6, 6.07) is 8.15. The lowest BCUT2D eigenvalue weighted by Gasteiger charge is -2.06. The van der Waals surface area contributed by atoms with Crippen LogP contribution >= 0.6 is 11.8 Å². The van der Waals surface area contributed by atoms with Crippen LogP contribution in [0.3, 0.4) is 0 Å². The van der Waals surface area contributed by atoms with Gasteiger partial charge in [0.05, 0.1) is 17.8 Å². The molecule has 0 radical (unpaired) electrons. The Bertz CT molecular complexity index is 853. The summed E-state index contributed by atoms with van der Waals surface area (Å²) < 4.78 is 28.5. The van der Waals surface area contributed by atoms with Gasteiger partial charge in [-0.2, -0.15) is 14.5 Å². The largest absolute Gasteiger partial charge is 0.491 e. The smallest absolute Gasteiger partial charge is 0.251 e. The van der Waals surface area contributed by atoms with E-state index >= 15 is 0 Å². The van der Waals surface area contributed by atoms with Crippen LogP contribution in [0.5, 0.6) is 5.88 Å². The van der Waals surface area contributed by atoms with Crippen molar-refractivity contribution in [1.82, 2.24) is 19.7 Å². The number of aromatic hydroxyl groups is 1. The van der Waals surface area contributed by atoms with Crippen LogP contribution in [0, 0.1) is 11.6 Å². The van der Waals surface area contributed by atoms with Crippen molar-refractivity contribution in [3.63, 3.8) is 0 Å². The molecule has 0 aliphatic heterocycles. The Morgan fingerprint density at radius 3 is 2.70 bits per heavy atom. The van der Waals surface area contributed by atoms with Crippen molar-refractivity contribution in [2.75, 3.05) is 6.26 Å². The molecule has 0 spiro atoms. The molecule has 0 saturated heterocycles. The van der Waals surface area contributed by atoms with Crippen LogP contribution in [0.1, 0.15) is 5.56 Å². The molecule has 2 aromatic heterocycles. The lowest BCUT2D eigenvalue weighted by molar-refractivity contribution is 0.409. The van der Waals surface area contributed by atoms with Gasteiger partial charge in [0.25, 0.3) is 5.88 Å². The predicted molar refractivity (Wildman–Crippen MR) is 82.2 cm³/mol. The summed E-state index contributed by atoms with van der Waals surface area (Å²) in [5.74, 6) is -1.84. The molecule has 5 nitrogen and oxygen atoms in total. The molecule has 23 heavy (non-hydrogen) atoms. The van der Waals surface area contributed by atoms with Gasteiger partial charge in [-0.1, -0.05) is 18.2 Å². The molecule has 0 aliphatic rings. The van der Waals surface area contributed by atoms with E-state index in [0.717, 1.165) is 11.2 Å². The number of aromatic nitrogens is 4. The molecule has 0 atom stereocenters. The summed E-state index contributed by atoms with van der Waals surface area (Å²) in [5.41, 5.74) is 0.876. The van der Waals surface area contributed by atoms with Crippen molar-refractivity contribution in [2.24, 2.45) is 0 Å². The van der Waals surface area contributed by atoms with Crippen molar-refractivity contribution >= 4 is 11.8 Å². The Hall–Kier alpha value is -2.48. The summed E-state index contributed by atoms with van der Waals surface area (Å²) in [6.07, 6.45) is 2.74. The molecule has 1 N–H and O–H groups in total. The highest BCUT2D eigenvalue weighted by Crippen LogP contribution is 2.24. The minimum atomic E-state index is -0.898. The molecule has 118 valence electrons. The van der Waals surface area contributed by atoms with Crippen LogP contribution in [0.25, 0.3) is 11.5 Å². The molecule has 0 fully saturated rings. The van der Waals surface area contributed by atoms with Crippen molar-refractivity contribution in [3.05, 3.63) is 53.7 Å². The summed E-state index contributed by atoms with van der Waals surface area (Å²) in [7, 11) is 0. The van der Waals surface area contributed by atoms with E-state index < -0.39 is 11.7 Å². The summed E-state index contributed by atoms with van der Waals surface area (Å²) >= 11 is 1.43. The Kier molecular flexibility index (Phi) is 4.24. The number of hydrogen-bond donors (Lipinski definition) is 1. The molecular formula is C15H12F2N4OS. The number of nitrogens with zero attached hydrogens (tertiary/aromatic N) is 4. The van der Waals surface area contributed by atoms with E-state index in [2.05, 4.69) is 15.1 Å². The average molecular weight is 334 g/mol. The molecule has 1 aromatic carbocycles. The molecule has 3 aromatic rings. The third-order valence-electron chi connectivity index (χ3n) is 3.18. The molecule has 0 saturated carbocycles. The van der Waals surface area contributed by atoms with Crippen LogP contribution in [-0.4, -0.2) is 31.1 Å². The van der Waals surface area contributed by atoms with E-state index in [0.29, 0.717) is 11.3 Å². The Morgan fingerprint density at radius 1 is 1.22 bits per heavy atom. The summed E-state index contributed by atoms with van der Waals surface area (Å²) in [4.78, 5) is 7.48. The fourth-order valence-corrected chi connectivity index (χ4v) is 2.60. The zero-order valence-corrected chi connectivity index (χ0v) is 12.9. The third kappa shape index (κ3) is 3.16. The van der Waals surface area contributed by atoms with Crippen LogP contribution in [-0.2, 0) is 6.54 Å². The minimum Gasteiger partial charge on any atom is -0.491 e. The monoisotopic (exact) mass is 334 g/mol. The van der Waals surface area contributed by atoms with E-state index in [1.807, 2.05) is 6.26 Å². The second-order valence-electron chi connectivity index (χ2n) is 4.69. The maximum Gasteiger partial charge on any atom is 0.251 e. The molecule has 2 heterocycles. The SMILES string of the molecule is CSc1cc(-c2ncc(F)c(O)n2)nn1Cc1ccccc1F. The fraction of sp³-hybridized carbons (Fsp3) is 0.133. The molecule has 0 unspecified atom stereocenters. The van der Waals surface area contributed by atoms with Gasteiger partial charge in [0.2, 0.25) is 5.82 Å². The van der Waals surface area contributed by atoms with Gasteiger partial charge in [0.15, 0.2) is 5.82 Å². The van der Waals surface area contributed by atoms with Gasteiger partial charge in [0.1, 0.15) is 11.5 Å². The first-order valence-corrected chi connectivity index (χ1v) is 7.88. The second-order valence-corrected chi connectivity index (χ2v) is 5.51. The number of rotatable bonds is 4. The normalized spacial score (nSPS) is 10.9. The predicted octanol–water partition coefficient (Wildman–Crippen LogP) is 3.09. The topological polar surface area (TPSA) is 63.8 Å². The van der Waals surface area contributed by atoms with Crippen LogP contribution in [0.4, 0.5) is 8.78 Å². The van der Waals surface area contributed by atoms with E-state index in [1.165, 1.54) is 17.8 Å². The number of halogens is 2. The summed E-state index contributed by atoms with van der Waals surface area (Å²) in [6.45, 7) is 0.246. The molecule has 0 bridgehead atoms. The van der Waals surface area contributed by atoms with Gasteiger partial charge >= 0.3 is 0 Å². The molecule has 0 amide bonds. The van der Waals surface area contributed by atoms with Crippen molar-refractivity contribution in [2.45, 2.75) is 11.6 Å². The van der Waals surface area contributed by atoms with Crippen LogP contribution in [0.15, 0.2) is 41.6 Å². The standard InChI is InChI=1S/C15H12F2N4OS/c1-23-13-6-12(14-18-7-11(17)15(22)19-14)20-21(13)8-9-4-2-3-5-10(9)16/h2-7H,8H2,1H3,(H,18,19,22). The van der Waals surface area contributed by atoms with Crippen molar-refractivity contribution in [3.8, 4) is 17.4 Å². The van der Waals surface area contributed by atoms with Crippen molar-refractivity contribution < 1.29 is 13.9 Å². The van der Waals surface area contributed by atoms with E-state index in [-0.39, 0.29) is 18.2 Å². The van der Waals surface area contributed by atoms with E-state index in [1.54, 1.807) is 28.9 Å². The first kappa shape index (κ1) is 15.4. The maximum absolute atomic E-state index is 13.8. The van der Waals surface area contributed by atoms with Gasteiger partial charge in [-0.3, -0.25) is 4.68 Å². The second kappa shape index (κ2) is 6.33. The van der Waals surface area contributed by atoms with Crippen LogP contribution in [0.2, 0.25) is 0 Å². The molecule has 3 rings (SSSR count). The quantitative estimate of drug-likeness (QED) is 0.743. The lowest BCUT2D eigenvalue weighted by Crippen LogP contribution is -2.05. The van der Waals surface area contributed by atoms with Gasteiger partial charge in [-0.15, -0.1) is 11.8 Å². The Balaban J connectivity index is 1.97.